The lowest BCUT2D eigenvalue weighted by Crippen LogP contribution is -2.04. The van der Waals surface area contributed by atoms with Crippen molar-refractivity contribution in [2.45, 2.75) is 13.5 Å². The average Bonchev–Trinajstić information content (AvgIpc) is 2.99. The number of pyridine rings is 1. The Morgan fingerprint density at radius 1 is 1.07 bits per heavy atom. The first-order valence-electron chi connectivity index (χ1n) is 8.39. The average molecular weight is 403 g/mol. The Morgan fingerprint density at radius 3 is 2.66 bits per heavy atom. The van der Waals surface area contributed by atoms with Crippen LogP contribution in [0.2, 0.25) is 0 Å². The molecule has 0 aliphatic carbocycles. The van der Waals surface area contributed by atoms with Gasteiger partial charge in [-0.25, -0.2) is 18.7 Å². The van der Waals surface area contributed by atoms with E-state index in [9.17, 15) is 17.6 Å². The Balaban J connectivity index is 1.66. The molecular formula is C19H13F4N5O. The van der Waals surface area contributed by atoms with E-state index in [0.29, 0.717) is 22.7 Å². The summed E-state index contributed by atoms with van der Waals surface area (Å²) in [4.78, 5) is 12.9. The van der Waals surface area contributed by atoms with Crippen LogP contribution in [0.15, 0.2) is 48.9 Å². The van der Waals surface area contributed by atoms with Gasteiger partial charge in [0.15, 0.2) is 11.6 Å². The Kier molecular flexibility index (Phi) is 4.75. The van der Waals surface area contributed by atoms with Gasteiger partial charge in [-0.15, -0.1) is 0 Å². The molecule has 0 spiro atoms. The summed E-state index contributed by atoms with van der Waals surface area (Å²) < 4.78 is 57.7. The molecule has 0 atom stereocenters. The van der Waals surface area contributed by atoms with Gasteiger partial charge in [-0.2, -0.15) is 8.78 Å². The first-order chi connectivity index (χ1) is 13.9. The standard InChI is InChI=1S/C19H13F4N5O/c1-10-18(28-9-11(20)2-5-17(28)25-10)14-7-24-8-16(27-14)26-12-3-4-15(13(21)6-12)29-19(22)23/h2-9,19H,1H3,(H,26,27). The number of rotatable bonds is 5. The predicted octanol–water partition coefficient (Wildman–Crippen LogP) is 4.72. The monoisotopic (exact) mass is 403 g/mol. The molecule has 0 radical (unpaired) electrons. The maximum absolute atomic E-state index is 13.9. The summed E-state index contributed by atoms with van der Waals surface area (Å²) in [6.07, 6.45) is 4.19. The van der Waals surface area contributed by atoms with E-state index in [0.717, 1.165) is 12.1 Å². The fourth-order valence-corrected chi connectivity index (χ4v) is 2.90. The van der Waals surface area contributed by atoms with E-state index in [1.54, 1.807) is 17.4 Å². The van der Waals surface area contributed by atoms with E-state index >= 15 is 0 Å². The molecule has 3 heterocycles. The van der Waals surface area contributed by atoms with Crippen molar-refractivity contribution in [3.05, 3.63) is 66.3 Å². The van der Waals surface area contributed by atoms with Crippen LogP contribution < -0.4 is 10.1 Å². The Morgan fingerprint density at radius 2 is 1.90 bits per heavy atom. The smallest absolute Gasteiger partial charge is 0.387 e. The zero-order chi connectivity index (χ0) is 20.5. The zero-order valence-corrected chi connectivity index (χ0v) is 14.9. The fraction of sp³-hybridized carbons (Fsp3) is 0.105. The van der Waals surface area contributed by atoms with Crippen LogP contribution in [0.25, 0.3) is 17.0 Å². The van der Waals surface area contributed by atoms with E-state index in [2.05, 4.69) is 25.0 Å². The molecule has 0 fully saturated rings. The number of aryl methyl sites for hydroxylation is 1. The Hall–Kier alpha value is -3.69. The number of hydrogen-bond donors (Lipinski definition) is 1. The van der Waals surface area contributed by atoms with Gasteiger partial charge in [0.2, 0.25) is 0 Å². The molecule has 0 unspecified atom stereocenters. The van der Waals surface area contributed by atoms with Crippen LogP contribution in [-0.2, 0) is 0 Å². The minimum Gasteiger partial charge on any atom is -0.432 e. The summed E-state index contributed by atoms with van der Waals surface area (Å²) in [5.41, 5.74) is 2.42. The quantitative estimate of drug-likeness (QED) is 0.489. The van der Waals surface area contributed by atoms with Gasteiger partial charge in [0.1, 0.15) is 23.0 Å². The molecule has 4 rings (SSSR count). The van der Waals surface area contributed by atoms with Gasteiger partial charge in [0.25, 0.3) is 0 Å². The predicted molar refractivity (Wildman–Crippen MR) is 97.2 cm³/mol. The van der Waals surface area contributed by atoms with Gasteiger partial charge in [0.05, 0.1) is 23.8 Å². The van der Waals surface area contributed by atoms with E-state index < -0.39 is 24.0 Å². The van der Waals surface area contributed by atoms with E-state index in [-0.39, 0.29) is 11.5 Å². The van der Waals surface area contributed by atoms with Crippen molar-refractivity contribution >= 4 is 17.2 Å². The number of hydrogen-bond acceptors (Lipinski definition) is 5. The van der Waals surface area contributed by atoms with Crippen molar-refractivity contribution in [1.82, 2.24) is 19.4 Å². The van der Waals surface area contributed by atoms with Gasteiger partial charge in [-0.1, -0.05) is 0 Å². The maximum atomic E-state index is 13.9. The highest BCUT2D eigenvalue weighted by molar-refractivity contribution is 5.66. The van der Waals surface area contributed by atoms with Crippen molar-refractivity contribution in [2.75, 3.05) is 5.32 Å². The van der Waals surface area contributed by atoms with Gasteiger partial charge < -0.3 is 10.1 Å². The van der Waals surface area contributed by atoms with Crippen LogP contribution >= 0.6 is 0 Å². The largest absolute Gasteiger partial charge is 0.432 e. The maximum Gasteiger partial charge on any atom is 0.387 e. The molecule has 3 aromatic heterocycles. The first kappa shape index (κ1) is 18.7. The molecule has 0 saturated heterocycles. The third kappa shape index (κ3) is 3.82. The topological polar surface area (TPSA) is 64.3 Å². The van der Waals surface area contributed by atoms with Gasteiger partial charge >= 0.3 is 6.61 Å². The van der Waals surface area contributed by atoms with Crippen LogP contribution in [0.1, 0.15) is 5.69 Å². The number of ether oxygens (including phenoxy) is 1. The van der Waals surface area contributed by atoms with Crippen molar-refractivity contribution in [1.29, 1.82) is 0 Å². The highest BCUT2D eigenvalue weighted by Gasteiger charge is 2.15. The van der Waals surface area contributed by atoms with Gasteiger partial charge in [0, 0.05) is 18.0 Å². The molecule has 10 heteroatoms. The van der Waals surface area contributed by atoms with Crippen molar-refractivity contribution in [2.24, 2.45) is 0 Å². The lowest BCUT2D eigenvalue weighted by molar-refractivity contribution is -0.0521. The second kappa shape index (κ2) is 7.38. The minimum absolute atomic E-state index is 0.261. The number of halogens is 4. The number of nitrogens with zero attached hydrogens (tertiary/aromatic N) is 4. The first-order valence-corrected chi connectivity index (χ1v) is 8.39. The molecule has 0 bridgehead atoms. The molecule has 0 saturated carbocycles. The molecule has 0 amide bonds. The Bertz CT molecular complexity index is 1190. The van der Waals surface area contributed by atoms with E-state index in [4.69, 9.17) is 0 Å². The number of benzene rings is 1. The highest BCUT2D eigenvalue weighted by Crippen LogP contribution is 2.27. The lowest BCUT2D eigenvalue weighted by atomic mass is 10.2. The van der Waals surface area contributed by atoms with E-state index in [1.165, 1.54) is 30.7 Å². The van der Waals surface area contributed by atoms with Crippen LogP contribution in [0, 0.1) is 18.6 Å². The van der Waals surface area contributed by atoms with Gasteiger partial charge in [-0.3, -0.25) is 9.38 Å². The molecule has 6 nitrogen and oxygen atoms in total. The Labute approximate surface area is 161 Å². The number of fused-ring (bicyclic) bond motifs is 1. The number of aromatic nitrogens is 4. The second-order valence-electron chi connectivity index (χ2n) is 6.06. The number of nitrogens with one attached hydrogen (secondary N) is 1. The minimum atomic E-state index is -3.12. The molecule has 0 aliphatic rings. The summed E-state index contributed by atoms with van der Waals surface area (Å²) in [6, 6.07) is 6.31. The molecule has 1 aromatic carbocycles. The second-order valence-corrected chi connectivity index (χ2v) is 6.06. The summed E-state index contributed by atoms with van der Waals surface area (Å²) in [5.74, 6) is -1.67. The van der Waals surface area contributed by atoms with Crippen molar-refractivity contribution in [3.8, 4) is 17.1 Å². The van der Waals surface area contributed by atoms with Crippen LogP contribution in [0.3, 0.4) is 0 Å². The molecule has 29 heavy (non-hydrogen) atoms. The van der Waals surface area contributed by atoms with Crippen molar-refractivity contribution in [3.63, 3.8) is 0 Å². The SMILES string of the molecule is Cc1nc2ccc(F)cn2c1-c1cncc(Nc2ccc(OC(F)F)c(F)c2)n1. The summed E-state index contributed by atoms with van der Waals surface area (Å²) in [5, 5.41) is 2.85. The molecule has 148 valence electrons. The van der Waals surface area contributed by atoms with Gasteiger partial charge in [-0.05, 0) is 31.2 Å². The fourth-order valence-electron chi connectivity index (χ4n) is 2.90. The summed E-state index contributed by atoms with van der Waals surface area (Å²) >= 11 is 0. The molecular weight excluding hydrogens is 390 g/mol. The van der Waals surface area contributed by atoms with Crippen LogP contribution in [0.4, 0.5) is 29.1 Å². The van der Waals surface area contributed by atoms with Crippen molar-refractivity contribution < 1.29 is 22.3 Å². The zero-order valence-electron chi connectivity index (χ0n) is 14.9. The summed E-state index contributed by atoms with van der Waals surface area (Å²) in [6.45, 7) is -1.36. The summed E-state index contributed by atoms with van der Waals surface area (Å²) in [7, 11) is 0. The number of imidazole rings is 1. The molecule has 0 aliphatic heterocycles. The molecule has 4 aromatic rings. The third-order valence-corrected chi connectivity index (χ3v) is 4.05. The number of anilines is 2. The van der Waals surface area contributed by atoms with E-state index in [1.807, 2.05) is 0 Å². The molecule has 1 N–H and O–H groups in total. The lowest BCUT2D eigenvalue weighted by Gasteiger charge is -2.10. The van der Waals surface area contributed by atoms with Crippen LogP contribution in [-0.4, -0.2) is 26.0 Å². The normalized spacial score (nSPS) is 11.2. The third-order valence-electron chi connectivity index (χ3n) is 4.05. The highest BCUT2D eigenvalue weighted by atomic mass is 19.3. The van der Waals surface area contributed by atoms with Crippen LogP contribution in [0.5, 0.6) is 5.75 Å². The number of alkyl halides is 2.